The molecule has 2 aliphatic heterocycles. The summed E-state index contributed by atoms with van der Waals surface area (Å²) in [7, 11) is 0. The molecule has 1 unspecified atom stereocenters. The van der Waals surface area contributed by atoms with E-state index in [9.17, 15) is 4.79 Å². The first-order valence-corrected chi connectivity index (χ1v) is 7.67. The average Bonchev–Trinajstić information content (AvgIpc) is 2.41. The van der Waals surface area contributed by atoms with Gasteiger partial charge in [0.05, 0.1) is 13.2 Å². The molecule has 0 radical (unpaired) electrons. The Hall–Kier alpha value is -0.260. The van der Waals surface area contributed by atoms with Crippen LogP contribution in [0.4, 0.5) is 0 Å². The zero-order chi connectivity index (χ0) is 11.9. The van der Waals surface area contributed by atoms with Gasteiger partial charge in [0.15, 0.2) is 0 Å². The second kappa shape index (κ2) is 7.24. The molecule has 17 heavy (non-hydrogen) atoms. The molecule has 0 aliphatic carbocycles. The smallest absolute Gasteiger partial charge is 0.223 e. The van der Waals surface area contributed by atoms with E-state index in [1.165, 1.54) is 12.2 Å². The molecule has 98 valence electrons. The van der Waals surface area contributed by atoms with E-state index in [-0.39, 0.29) is 11.8 Å². The number of nitrogens with zero attached hydrogens (tertiary/aromatic N) is 1. The predicted octanol–water partition coefficient (Wildman–Crippen LogP) is 0.578. The summed E-state index contributed by atoms with van der Waals surface area (Å²) in [4.78, 5) is 14.2. The zero-order valence-electron chi connectivity index (χ0n) is 10.3. The summed E-state index contributed by atoms with van der Waals surface area (Å²) in [5.74, 6) is 2.73. The summed E-state index contributed by atoms with van der Waals surface area (Å²) >= 11 is 1.91. The maximum absolute atomic E-state index is 11.9. The third-order valence-corrected chi connectivity index (χ3v) is 4.58. The lowest BCUT2D eigenvalue weighted by Gasteiger charge is -2.27. The number of ether oxygens (including phenoxy) is 1. The lowest BCUT2D eigenvalue weighted by Crippen LogP contribution is -2.43. The maximum atomic E-state index is 11.9. The topological polar surface area (TPSA) is 41.6 Å². The van der Waals surface area contributed by atoms with Crippen LogP contribution in [0.5, 0.6) is 0 Å². The Morgan fingerprint density at radius 3 is 2.94 bits per heavy atom. The monoisotopic (exact) mass is 258 g/mol. The standard InChI is InChI=1S/C12H22N2O2S/c15-12(11-2-1-9-17-10-11)13-3-4-14-5-7-16-8-6-14/h11H,1-10H2,(H,13,15). The van der Waals surface area contributed by atoms with Crippen LogP contribution in [-0.4, -0.2) is 61.7 Å². The number of nitrogens with one attached hydrogen (secondary N) is 1. The van der Waals surface area contributed by atoms with Gasteiger partial charge in [-0.05, 0) is 18.6 Å². The molecule has 1 atom stereocenters. The number of carbonyl (C=O) groups is 1. The molecule has 0 aromatic carbocycles. The fourth-order valence-corrected chi connectivity index (χ4v) is 3.39. The summed E-state index contributed by atoms with van der Waals surface area (Å²) in [6.45, 7) is 5.37. The van der Waals surface area contributed by atoms with Gasteiger partial charge in [-0.25, -0.2) is 0 Å². The second-order valence-corrected chi connectivity index (χ2v) is 5.81. The van der Waals surface area contributed by atoms with Crippen molar-refractivity contribution in [3.63, 3.8) is 0 Å². The first kappa shape index (κ1) is 13.2. The van der Waals surface area contributed by atoms with Crippen LogP contribution in [0.25, 0.3) is 0 Å². The van der Waals surface area contributed by atoms with Crippen molar-refractivity contribution in [2.24, 2.45) is 5.92 Å². The second-order valence-electron chi connectivity index (χ2n) is 4.66. The Kier molecular flexibility index (Phi) is 5.61. The number of amides is 1. The minimum Gasteiger partial charge on any atom is -0.379 e. The molecule has 1 N–H and O–H groups in total. The molecule has 2 aliphatic rings. The van der Waals surface area contributed by atoms with Crippen molar-refractivity contribution in [3.8, 4) is 0 Å². The molecule has 2 heterocycles. The van der Waals surface area contributed by atoms with Crippen molar-refractivity contribution in [3.05, 3.63) is 0 Å². The number of hydrogen-bond acceptors (Lipinski definition) is 4. The van der Waals surface area contributed by atoms with E-state index in [4.69, 9.17) is 4.74 Å². The fraction of sp³-hybridized carbons (Fsp3) is 0.917. The van der Waals surface area contributed by atoms with Crippen LogP contribution in [0.2, 0.25) is 0 Å². The van der Waals surface area contributed by atoms with E-state index in [1.807, 2.05) is 11.8 Å². The first-order valence-electron chi connectivity index (χ1n) is 6.52. The number of rotatable bonds is 4. The Labute approximate surface area is 107 Å². The highest BCUT2D eigenvalue weighted by molar-refractivity contribution is 7.99. The largest absolute Gasteiger partial charge is 0.379 e. The van der Waals surface area contributed by atoms with Crippen LogP contribution < -0.4 is 5.32 Å². The van der Waals surface area contributed by atoms with Crippen LogP contribution in [0.3, 0.4) is 0 Å². The van der Waals surface area contributed by atoms with Gasteiger partial charge in [0.25, 0.3) is 0 Å². The lowest BCUT2D eigenvalue weighted by atomic mass is 10.0. The van der Waals surface area contributed by atoms with Gasteiger partial charge in [0.1, 0.15) is 0 Å². The molecular weight excluding hydrogens is 236 g/mol. The molecule has 2 saturated heterocycles. The number of thioether (sulfide) groups is 1. The van der Waals surface area contributed by atoms with Gasteiger partial charge >= 0.3 is 0 Å². The van der Waals surface area contributed by atoms with Crippen LogP contribution in [0.15, 0.2) is 0 Å². The van der Waals surface area contributed by atoms with E-state index in [0.717, 1.165) is 51.6 Å². The van der Waals surface area contributed by atoms with Crippen molar-refractivity contribution in [1.29, 1.82) is 0 Å². The Morgan fingerprint density at radius 1 is 1.41 bits per heavy atom. The summed E-state index contributed by atoms with van der Waals surface area (Å²) in [5.41, 5.74) is 0. The fourth-order valence-electron chi connectivity index (χ4n) is 2.25. The van der Waals surface area contributed by atoms with E-state index < -0.39 is 0 Å². The summed E-state index contributed by atoms with van der Waals surface area (Å²) in [6.07, 6.45) is 2.25. The summed E-state index contributed by atoms with van der Waals surface area (Å²) < 4.78 is 5.29. The van der Waals surface area contributed by atoms with Crippen molar-refractivity contribution in [1.82, 2.24) is 10.2 Å². The molecule has 5 heteroatoms. The molecule has 0 spiro atoms. The Balaban J connectivity index is 1.58. The quantitative estimate of drug-likeness (QED) is 0.801. The highest BCUT2D eigenvalue weighted by Gasteiger charge is 2.21. The van der Waals surface area contributed by atoms with Gasteiger partial charge in [-0.3, -0.25) is 9.69 Å². The summed E-state index contributed by atoms with van der Waals surface area (Å²) in [5, 5.41) is 3.06. The van der Waals surface area contributed by atoms with Gasteiger partial charge in [-0.1, -0.05) is 0 Å². The number of morpholine rings is 1. The molecule has 2 fully saturated rings. The van der Waals surface area contributed by atoms with E-state index in [1.54, 1.807) is 0 Å². The van der Waals surface area contributed by atoms with Gasteiger partial charge in [0.2, 0.25) is 5.91 Å². The molecule has 0 saturated carbocycles. The molecule has 0 aromatic heterocycles. The predicted molar refractivity (Wildman–Crippen MR) is 70.3 cm³/mol. The number of hydrogen-bond donors (Lipinski definition) is 1. The summed E-state index contributed by atoms with van der Waals surface area (Å²) in [6, 6.07) is 0. The van der Waals surface area contributed by atoms with Crippen molar-refractivity contribution >= 4 is 17.7 Å². The normalized spacial score (nSPS) is 26.7. The molecule has 2 rings (SSSR count). The molecule has 0 aromatic rings. The Bertz CT molecular complexity index is 239. The van der Waals surface area contributed by atoms with Gasteiger partial charge in [0, 0.05) is 37.8 Å². The molecular formula is C12H22N2O2S. The van der Waals surface area contributed by atoms with Crippen molar-refractivity contribution < 1.29 is 9.53 Å². The van der Waals surface area contributed by atoms with Gasteiger partial charge in [-0.15, -0.1) is 0 Å². The highest BCUT2D eigenvalue weighted by Crippen LogP contribution is 2.22. The third kappa shape index (κ3) is 4.48. The lowest BCUT2D eigenvalue weighted by molar-refractivity contribution is -0.124. The Morgan fingerprint density at radius 2 is 2.24 bits per heavy atom. The third-order valence-electron chi connectivity index (χ3n) is 3.36. The zero-order valence-corrected chi connectivity index (χ0v) is 11.1. The van der Waals surface area contributed by atoms with Crippen LogP contribution in [-0.2, 0) is 9.53 Å². The highest BCUT2D eigenvalue weighted by atomic mass is 32.2. The van der Waals surface area contributed by atoms with E-state index in [0.29, 0.717) is 0 Å². The first-order chi connectivity index (χ1) is 8.36. The van der Waals surface area contributed by atoms with Crippen LogP contribution >= 0.6 is 11.8 Å². The average molecular weight is 258 g/mol. The van der Waals surface area contributed by atoms with E-state index >= 15 is 0 Å². The van der Waals surface area contributed by atoms with Crippen molar-refractivity contribution in [2.45, 2.75) is 12.8 Å². The van der Waals surface area contributed by atoms with Gasteiger partial charge in [-0.2, -0.15) is 11.8 Å². The van der Waals surface area contributed by atoms with Gasteiger partial charge < -0.3 is 10.1 Å². The molecule has 1 amide bonds. The minimum absolute atomic E-state index is 0.249. The number of carbonyl (C=O) groups excluding carboxylic acids is 1. The van der Waals surface area contributed by atoms with Crippen LogP contribution in [0, 0.1) is 5.92 Å². The molecule has 4 nitrogen and oxygen atoms in total. The SMILES string of the molecule is O=C(NCCN1CCOCC1)C1CCCSC1. The minimum atomic E-state index is 0.249. The van der Waals surface area contributed by atoms with E-state index in [2.05, 4.69) is 10.2 Å². The molecule has 0 bridgehead atoms. The van der Waals surface area contributed by atoms with Crippen molar-refractivity contribution in [2.75, 3.05) is 50.9 Å². The van der Waals surface area contributed by atoms with Crippen LogP contribution in [0.1, 0.15) is 12.8 Å². The maximum Gasteiger partial charge on any atom is 0.223 e.